The van der Waals surface area contributed by atoms with E-state index in [-0.39, 0.29) is 12.0 Å². The zero-order chi connectivity index (χ0) is 9.26. The molecule has 0 saturated heterocycles. The minimum atomic E-state index is -0.205. The lowest BCUT2D eigenvalue weighted by molar-refractivity contribution is 0.628. The average Bonchev–Trinajstić information content (AvgIpc) is 2.53. The molecule has 0 aliphatic carbocycles. The van der Waals surface area contributed by atoms with E-state index in [0.29, 0.717) is 0 Å². The zero-order valence-electron chi connectivity index (χ0n) is 7.42. The summed E-state index contributed by atoms with van der Waals surface area (Å²) in [5.74, 6) is -0.205. The first kappa shape index (κ1) is 8.38. The molecule has 1 heterocycles. The predicted molar refractivity (Wildman–Crippen MR) is 50.4 cm³/mol. The van der Waals surface area contributed by atoms with Crippen LogP contribution in [0.5, 0.6) is 0 Å². The van der Waals surface area contributed by atoms with E-state index in [0.717, 1.165) is 17.8 Å². The van der Waals surface area contributed by atoms with Crippen molar-refractivity contribution in [2.75, 3.05) is 6.54 Å². The Morgan fingerprint density at radius 3 is 2.62 bits per heavy atom. The van der Waals surface area contributed by atoms with Crippen molar-refractivity contribution in [3.8, 4) is 0 Å². The molecule has 68 valence electrons. The second-order valence-electron chi connectivity index (χ2n) is 3.14. The topological polar surface area (TPSA) is 24.4 Å². The highest BCUT2D eigenvalue weighted by atomic mass is 19.1. The highest BCUT2D eigenvalue weighted by Crippen LogP contribution is 2.08. The second-order valence-corrected chi connectivity index (χ2v) is 3.14. The molecule has 1 aliphatic rings. The highest BCUT2D eigenvalue weighted by Gasteiger charge is 2.12. The van der Waals surface area contributed by atoms with Gasteiger partial charge in [-0.3, -0.25) is 10.3 Å². The lowest BCUT2D eigenvalue weighted by Gasteiger charge is -1.98. The smallest absolute Gasteiger partial charge is 0.123 e. The standard InChI is InChI=1S/C10H11FN2/c1-7-12-6-10(13-7)8-2-4-9(11)5-3-8/h2-5,7,12H,6H2,1H3/t7-/m1/s1. The summed E-state index contributed by atoms with van der Waals surface area (Å²) >= 11 is 0. The molecule has 1 aromatic carbocycles. The Hall–Kier alpha value is -1.22. The fourth-order valence-electron chi connectivity index (χ4n) is 1.39. The third kappa shape index (κ3) is 1.75. The van der Waals surface area contributed by atoms with Crippen molar-refractivity contribution >= 4 is 5.71 Å². The van der Waals surface area contributed by atoms with Crippen LogP contribution in [0.1, 0.15) is 12.5 Å². The van der Waals surface area contributed by atoms with Crippen LogP contribution in [-0.2, 0) is 0 Å². The summed E-state index contributed by atoms with van der Waals surface area (Å²) in [5.41, 5.74) is 2.01. The summed E-state index contributed by atoms with van der Waals surface area (Å²) < 4.78 is 12.6. The first-order chi connectivity index (χ1) is 6.25. The first-order valence-corrected chi connectivity index (χ1v) is 4.32. The van der Waals surface area contributed by atoms with Gasteiger partial charge in [-0.25, -0.2) is 4.39 Å². The van der Waals surface area contributed by atoms with E-state index in [1.807, 2.05) is 6.92 Å². The van der Waals surface area contributed by atoms with E-state index >= 15 is 0 Å². The minimum absolute atomic E-state index is 0.181. The Morgan fingerprint density at radius 1 is 1.38 bits per heavy atom. The molecule has 0 spiro atoms. The van der Waals surface area contributed by atoms with Crippen molar-refractivity contribution in [1.82, 2.24) is 5.32 Å². The van der Waals surface area contributed by atoms with Gasteiger partial charge in [-0.1, -0.05) is 12.1 Å². The monoisotopic (exact) mass is 178 g/mol. The van der Waals surface area contributed by atoms with Gasteiger partial charge < -0.3 is 0 Å². The SMILES string of the molecule is C[C@H]1N=C(c2ccc(F)cc2)CN1. The van der Waals surface area contributed by atoms with Crippen LogP contribution in [0.15, 0.2) is 29.3 Å². The molecule has 1 N–H and O–H groups in total. The number of rotatable bonds is 1. The third-order valence-electron chi connectivity index (χ3n) is 2.09. The summed E-state index contributed by atoms with van der Waals surface area (Å²) in [6.45, 7) is 2.77. The molecule has 0 aromatic heterocycles. The van der Waals surface area contributed by atoms with Crippen LogP contribution in [0.2, 0.25) is 0 Å². The lowest BCUT2D eigenvalue weighted by Crippen LogP contribution is -2.20. The Balaban J connectivity index is 2.26. The van der Waals surface area contributed by atoms with E-state index in [9.17, 15) is 4.39 Å². The molecule has 0 bridgehead atoms. The highest BCUT2D eigenvalue weighted by molar-refractivity contribution is 6.03. The normalized spacial score (nSPS) is 21.7. The molecule has 13 heavy (non-hydrogen) atoms. The lowest BCUT2D eigenvalue weighted by atomic mass is 10.1. The maximum absolute atomic E-state index is 12.6. The molecule has 1 aromatic rings. The summed E-state index contributed by atoms with van der Waals surface area (Å²) in [6, 6.07) is 6.43. The van der Waals surface area contributed by atoms with Crippen LogP contribution in [0.3, 0.4) is 0 Å². The largest absolute Gasteiger partial charge is 0.290 e. The maximum Gasteiger partial charge on any atom is 0.123 e. The van der Waals surface area contributed by atoms with Gasteiger partial charge in [0.1, 0.15) is 5.82 Å². The van der Waals surface area contributed by atoms with Gasteiger partial charge in [-0.15, -0.1) is 0 Å². The van der Waals surface area contributed by atoms with Gasteiger partial charge in [0.2, 0.25) is 0 Å². The molecule has 3 heteroatoms. The fourth-order valence-corrected chi connectivity index (χ4v) is 1.39. The number of nitrogens with one attached hydrogen (secondary N) is 1. The van der Waals surface area contributed by atoms with Crippen molar-refractivity contribution in [2.45, 2.75) is 13.1 Å². The van der Waals surface area contributed by atoms with Gasteiger partial charge in [0.15, 0.2) is 0 Å². The Labute approximate surface area is 76.5 Å². The Morgan fingerprint density at radius 2 is 2.08 bits per heavy atom. The summed E-state index contributed by atoms with van der Waals surface area (Å²) in [7, 11) is 0. The van der Waals surface area contributed by atoms with Crippen LogP contribution >= 0.6 is 0 Å². The fraction of sp³-hybridized carbons (Fsp3) is 0.300. The molecule has 0 fully saturated rings. The molecular formula is C10H11FN2. The van der Waals surface area contributed by atoms with E-state index in [1.165, 1.54) is 12.1 Å². The van der Waals surface area contributed by atoms with Crippen molar-refractivity contribution in [2.24, 2.45) is 4.99 Å². The van der Waals surface area contributed by atoms with Crippen molar-refractivity contribution in [1.29, 1.82) is 0 Å². The van der Waals surface area contributed by atoms with E-state index < -0.39 is 0 Å². The van der Waals surface area contributed by atoms with Crippen LogP contribution in [0, 0.1) is 5.82 Å². The molecular weight excluding hydrogens is 167 g/mol. The van der Waals surface area contributed by atoms with Crippen molar-refractivity contribution in [3.63, 3.8) is 0 Å². The number of hydrogen-bond donors (Lipinski definition) is 1. The summed E-state index contributed by atoms with van der Waals surface area (Å²) in [4.78, 5) is 4.37. The third-order valence-corrected chi connectivity index (χ3v) is 2.09. The first-order valence-electron chi connectivity index (χ1n) is 4.32. The molecule has 0 amide bonds. The van der Waals surface area contributed by atoms with Crippen molar-refractivity contribution < 1.29 is 4.39 Å². The molecule has 0 radical (unpaired) electrons. The minimum Gasteiger partial charge on any atom is -0.290 e. The number of aliphatic imine (C=N–C) groups is 1. The zero-order valence-corrected chi connectivity index (χ0v) is 7.42. The number of halogens is 1. The van der Waals surface area contributed by atoms with Crippen molar-refractivity contribution in [3.05, 3.63) is 35.6 Å². The molecule has 2 rings (SSSR count). The number of nitrogens with zero attached hydrogens (tertiary/aromatic N) is 1. The maximum atomic E-state index is 12.6. The molecule has 2 nitrogen and oxygen atoms in total. The van der Waals surface area contributed by atoms with Crippen LogP contribution in [-0.4, -0.2) is 18.4 Å². The van der Waals surface area contributed by atoms with Gasteiger partial charge in [0, 0.05) is 6.54 Å². The summed E-state index contributed by atoms with van der Waals surface area (Å²) in [5, 5.41) is 3.19. The Kier molecular flexibility index (Phi) is 2.10. The summed E-state index contributed by atoms with van der Waals surface area (Å²) in [6.07, 6.45) is 0.181. The van der Waals surface area contributed by atoms with E-state index in [1.54, 1.807) is 12.1 Å². The second kappa shape index (κ2) is 3.26. The van der Waals surface area contributed by atoms with Crippen LogP contribution in [0.4, 0.5) is 4.39 Å². The van der Waals surface area contributed by atoms with E-state index in [2.05, 4.69) is 10.3 Å². The molecule has 1 atom stereocenters. The van der Waals surface area contributed by atoms with Crippen LogP contribution in [0.25, 0.3) is 0 Å². The van der Waals surface area contributed by atoms with Gasteiger partial charge in [-0.05, 0) is 24.6 Å². The molecule has 0 unspecified atom stereocenters. The Bertz CT molecular complexity index is 329. The van der Waals surface area contributed by atoms with Gasteiger partial charge in [-0.2, -0.15) is 0 Å². The van der Waals surface area contributed by atoms with Gasteiger partial charge in [0.05, 0.1) is 11.9 Å². The molecule has 1 aliphatic heterocycles. The quantitative estimate of drug-likeness (QED) is 0.693. The number of hydrogen-bond acceptors (Lipinski definition) is 2. The number of benzene rings is 1. The van der Waals surface area contributed by atoms with Gasteiger partial charge in [0.25, 0.3) is 0 Å². The van der Waals surface area contributed by atoms with E-state index in [4.69, 9.17) is 0 Å². The predicted octanol–water partition coefficient (Wildman–Crippen LogP) is 1.56. The average molecular weight is 178 g/mol. The van der Waals surface area contributed by atoms with Gasteiger partial charge >= 0.3 is 0 Å². The molecule has 0 saturated carbocycles. The van der Waals surface area contributed by atoms with Crippen LogP contribution < -0.4 is 5.32 Å².